The van der Waals surface area contributed by atoms with E-state index in [1.165, 1.54) is 27.8 Å². The monoisotopic (exact) mass is 558 g/mol. The van der Waals surface area contributed by atoms with Crippen molar-refractivity contribution in [3.05, 3.63) is 169 Å². The third-order valence-electron chi connectivity index (χ3n) is 8.42. The summed E-state index contributed by atoms with van der Waals surface area (Å²) in [5.41, 5.74) is 10.7. The number of imidazole rings is 2. The third-order valence-corrected chi connectivity index (χ3v) is 8.42. The van der Waals surface area contributed by atoms with Gasteiger partial charge in [-0.05, 0) is 42.3 Å². The first kappa shape index (κ1) is 26.4. The number of benzene rings is 5. The van der Waals surface area contributed by atoms with E-state index < -0.39 is 0 Å². The van der Waals surface area contributed by atoms with Gasteiger partial charge in [0, 0.05) is 30.5 Å². The van der Waals surface area contributed by atoms with E-state index in [1.54, 1.807) is 0 Å². The Balaban J connectivity index is 1.29. The molecule has 7 rings (SSSR count). The van der Waals surface area contributed by atoms with Crippen LogP contribution in [0.1, 0.15) is 17.2 Å². The number of hydrogen-bond donors (Lipinski definition) is 0. The molecule has 2 aromatic heterocycles. The van der Waals surface area contributed by atoms with Crippen molar-refractivity contribution in [1.29, 1.82) is 0 Å². The maximum Gasteiger partial charge on any atom is 0.263 e. The van der Waals surface area contributed by atoms with Gasteiger partial charge in [-0.3, -0.25) is 0 Å². The van der Waals surface area contributed by atoms with Gasteiger partial charge < -0.3 is 0 Å². The summed E-state index contributed by atoms with van der Waals surface area (Å²) in [6.07, 6.45) is 8.67. The summed E-state index contributed by atoms with van der Waals surface area (Å²) in [4.78, 5) is 0. The molecule has 4 heteroatoms. The summed E-state index contributed by atoms with van der Waals surface area (Å²) in [5, 5.41) is 0. The SMILES string of the molecule is Cc1c(-n2cc[n+](-c3ccccc3-c3ccccc3)c2C)cccc1-[n+]1ccn(-c2ccccc2-c2ccccc2)c1C. The van der Waals surface area contributed by atoms with Gasteiger partial charge in [-0.2, -0.15) is 18.3 Å². The minimum absolute atomic E-state index is 1.14. The highest BCUT2D eigenvalue weighted by atomic mass is 15.2. The number of nitrogens with zero attached hydrogens (tertiary/aromatic N) is 4. The van der Waals surface area contributed by atoms with Crippen LogP contribution in [0.15, 0.2) is 152 Å². The maximum absolute atomic E-state index is 2.29. The molecule has 0 N–H and O–H groups in total. The van der Waals surface area contributed by atoms with Crippen LogP contribution < -0.4 is 9.13 Å². The van der Waals surface area contributed by atoms with Gasteiger partial charge in [0.15, 0.2) is 0 Å². The molecule has 0 radical (unpaired) electrons. The highest BCUT2D eigenvalue weighted by molar-refractivity contribution is 5.73. The topological polar surface area (TPSA) is 17.6 Å². The molecule has 0 bridgehead atoms. The predicted molar refractivity (Wildman–Crippen MR) is 173 cm³/mol. The first-order valence-electron chi connectivity index (χ1n) is 14.7. The second-order valence-electron chi connectivity index (χ2n) is 10.9. The van der Waals surface area contributed by atoms with Crippen LogP contribution in [0, 0.1) is 20.8 Å². The molecule has 208 valence electrons. The average molecular weight is 559 g/mol. The average Bonchev–Trinajstić information content (AvgIpc) is 3.64. The van der Waals surface area contributed by atoms with Crippen LogP contribution in [0.3, 0.4) is 0 Å². The van der Waals surface area contributed by atoms with Crippen molar-refractivity contribution in [2.24, 2.45) is 0 Å². The summed E-state index contributed by atoms with van der Waals surface area (Å²) in [5.74, 6) is 2.28. The molecular formula is C39H34N4+2. The summed E-state index contributed by atoms with van der Waals surface area (Å²) < 4.78 is 9.14. The summed E-state index contributed by atoms with van der Waals surface area (Å²) in [6, 6.07) is 45.0. The fourth-order valence-electron chi connectivity index (χ4n) is 6.17. The van der Waals surface area contributed by atoms with E-state index in [4.69, 9.17) is 0 Å². The van der Waals surface area contributed by atoms with Crippen LogP contribution in [-0.2, 0) is 0 Å². The Kier molecular flexibility index (Phi) is 6.80. The van der Waals surface area contributed by atoms with Crippen LogP contribution >= 0.6 is 0 Å². The van der Waals surface area contributed by atoms with Crippen molar-refractivity contribution < 1.29 is 9.13 Å². The van der Waals surface area contributed by atoms with Crippen LogP contribution in [0.25, 0.3) is 45.0 Å². The fourth-order valence-corrected chi connectivity index (χ4v) is 6.17. The normalized spacial score (nSPS) is 11.1. The Morgan fingerprint density at radius 1 is 0.419 bits per heavy atom. The summed E-state index contributed by atoms with van der Waals surface area (Å²) >= 11 is 0. The van der Waals surface area contributed by atoms with Gasteiger partial charge in [0.2, 0.25) is 0 Å². The first-order valence-corrected chi connectivity index (χ1v) is 14.7. The lowest BCUT2D eigenvalue weighted by Gasteiger charge is -2.10. The van der Waals surface area contributed by atoms with Gasteiger partial charge in [-0.15, -0.1) is 0 Å². The molecule has 2 heterocycles. The molecule has 0 unspecified atom stereocenters. The fraction of sp³-hybridized carbons (Fsp3) is 0.0769. The quantitative estimate of drug-likeness (QED) is 0.184. The lowest BCUT2D eigenvalue weighted by molar-refractivity contribution is -0.602. The number of aromatic nitrogens is 4. The van der Waals surface area contributed by atoms with Gasteiger partial charge in [-0.1, -0.05) is 103 Å². The maximum atomic E-state index is 2.29. The number of rotatable bonds is 6. The van der Waals surface area contributed by atoms with Gasteiger partial charge in [-0.25, -0.2) is 0 Å². The van der Waals surface area contributed by atoms with Crippen LogP contribution in [0.4, 0.5) is 0 Å². The zero-order valence-corrected chi connectivity index (χ0v) is 24.7. The molecule has 0 spiro atoms. The van der Waals surface area contributed by atoms with E-state index in [2.05, 4.69) is 191 Å². The Bertz CT molecular complexity index is 1900. The van der Waals surface area contributed by atoms with Crippen molar-refractivity contribution >= 4 is 0 Å². The van der Waals surface area contributed by atoms with Crippen molar-refractivity contribution in [2.75, 3.05) is 0 Å². The molecule has 0 amide bonds. The molecule has 0 fully saturated rings. The van der Waals surface area contributed by atoms with E-state index in [0.29, 0.717) is 0 Å². The molecule has 0 aliphatic rings. The lowest BCUT2D eigenvalue weighted by Crippen LogP contribution is -2.34. The molecule has 5 aromatic carbocycles. The smallest absolute Gasteiger partial charge is 0.199 e. The molecule has 7 aromatic rings. The largest absolute Gasteiger partial charge is 0.263 e. The van der Waals surface area contributed by atoms with E-state index in [-0.39, 0.29) is 0 Å². The van der Waals surface area contributed by atoms with E-state index in [1.807, 2.05) is 0 Å². The minimum atomic E-state index is 1.14. The number of hydrogen-bond acceptors (Lipinski definition) is 0. The van der Waals surface area contributed by atoms with E-state index >= 15 is 0 Å². The Hall–Kier alpha value is -5.48. The van der Waals surface area contributed by atoms with Crippen molar-refractivity contribution in [1.82, 2.24) is 9.13 Å². The molecule has 43 heavy (non-hydrogen) atoms. The molecule has 0 aliphatic carbocycles. The van der Waals surface area contributed by atoms with E-state index in [9.17, 15) is 0 Å². The summed E-state index contributed by atoms with van der Waals surface area (Å²) in [7, 11) is 0. The molecule has 0 atom stereocenters. The van der Waals surface area contributed by atoms with Crippen molar-refractivity contribution in [3.8, 4) is 45.0 Å². The molecule has 0 aliphatic heterocycles. The van der Waals surface area contributed by atoms with Gasteiger partial charge in [0.1, 0.15) is 47.5 Å². The van der Waals surface area contributed by atoms with Crippen LogP contribution in [0.2, 0.25) is 0 Å². The second-order valence-corrected chi connectivity index (χ2v) is 10.9. The third kappa shape index (κ3) is 4.67. The van der Waals surface area contributed by atoms with Crippen molar-refractivity contribution in [2.45, 2.75) is 20.8 Å². The first-order chi connectivity index (χ1) is 21.1. The van der Waals surface area contributed by atoms with Gasteiger partial charge >= 0.3 is 0 Å². The predicted octanol–water partition coefficient (Wildman–Crippen LogP) is 8.08. The Labute approximate surface area is 253 Å². The molecule has 0 saturated carbocycles. The number of para-hydroxylation sites is 2. The van der Waals surface area contributed by atoms with Gasteiger partial charge in [0.25, 0.3) is 11.6 Å². The zero-order valence-electron chi connectivity index (χ0n) is 24.7. The molecular weight excluding hydrogens is 524 g/mol. The molecule has 0 saturated heterocycles. The van der Waals surface area contributed by atoms with Crippen LogP contribution in [0.5, 0.6) is 0 Å². The highest BCUT2D eigenvalue weighted by Gasteiger charge is 2.25. The molecule has 4 nitrogen and oxygen atoms in total. The van der Waals surface area contributed by atoms with Crippen molar-refractivity contribution in [3.63, 3.8) is 0 Å². The zero-order chi connectivity index (χ0) is 29.3. The van der Waals surface area contributed by atoms with Gasteiger partial charge in [0.05, 0.1) is 0 Å². The van der Waals surface area contributed by atoms with Crippen LogP contribution in [-0.4, -0.2) is 9.13 Å². The minimum Gasteiger partial charge on any atom is -0.199 e. The lowest BCUT2D eigenvalue weighted by atomic mass is 10.0. The Morgan fingerprint density at radius 3 is 1.56 bits per heavy atom. The Morgan fingerprint density at radius 2 is 0.884 bits per heavy atom. The summed E-state index contributed by atoms with van der Waals surface area (Å²) in [6.45, 7) is 6.58. The van der Waals surface area contributed by atoms with E-state index in [0.717, 1.165) is 34.4 Å². The standard InChI is InChI=1S/C39H34N4/c1-29-36(40-25-27-42(30(40)2)38-21-12-10-19-34(38)32-15-6-4-7-16-32)23-14-24-37(29)41-26-28-43(31(41)3)39-22-13-11-20-35(39)33-17-8-5-9-18-33/h4-28H,1-3H3/q+2. The second kappa shape index (κ2) is 11.1. The highest BCUT2D eigenvalue weighted by Crippen LogP contribution is 2.28.